The second kappa shape index (κ2) is 6.78. The molecule has 0 unspecified atom stereocenters. The van der Waals surface area contributed by atoms with Crippen LogP contribution in [-0.2, 0) is 0 Å². The third-order valence-electron chi connectivity index (χ3n) is 1.80. The van der Waals surface area contributed by atoms with Crippen LogP contribution in [0.15, 0.2) is 5.16 Å². The monoisotopic (exact) mass is 270 g/mol. The van der Waals surface area contributed by atoms with E-state index in [-0.39, 0.29) is 4.75 Å². The molecule has 0 saturated heterocycles. The van der Waals surface area contributed by atoms with Gasteiger partial charge in [-0.25, -0.2) is 0 Å². The van der Waals surface area contributed by atoms with Crippen LogP contribution in [-0.4, -0.2) is 32.9 Å². The van der Waals surface area contributed by atoms with Crippen molar-refractivity contribution in [1.29, 1.82) is 0 Å². The zero-order valence-electron chi connectivity index (χ0n) is 11.8. The van der Waals surface area contributed by atoms with E-state index in [2.05, 4.69) is 48.0 Å². The molecular formula is C12H22N4OS. The smallest absolute Gasteiger partial charge is 0.322 e. The first kappa shape index (κ1) is 15.0. The molecule has 1 aromatic rings. The fourth-order valence-corrected chi connectivity index (χ4v) is 1.97. The molecule has 0 spiro atoms. The average Bonchev–Trinajstić information content (AvgIpc) is 2.24. The van der Waals surface area contributed by atoms with Gasteiger partial charge in [-0.15, -0.1) is 0 Å². The van der Waals surface area contributed by atoms with Crippen molar-refractivity contribution < 1.29 is 4.74 Å². The van der Waals surface area contributed by atoms with Crippen molar-refractivity contribution in [3.63, 3.8) is 0 Å². The minimum Gasteiger partial charge on any atom is -0.464 e. The Morgan fingerprint density at radius 2 is 1.89 bits per heavy atom. The summed E-state index contributed by atoms with van der Waals surface area (Å²) in [5.74, 6) is 0.585. The Kier molecular flexibility index (Phi) is 5.65. The summed E-state index contributed by atoms with van der Waals surface area (Å²) in [6.45, 7) is 11.8. The maximum atomic E-state index is 5.37. The lowest BCUT2D eigenvalue weighted by atomic mass is 10.3. The molecule has 0 aromatic carbocycles. The number of nitrogens with zero attached hydrogens (tertiary/aromatic N) is 3. The lowest BCUT2D eigenvalue weighted by molar-refractivity contribution is 0.308. The summed E-state index contributed by atoms with van der Waals surface area (Å²) in [5.41, 5.74) is 0. The van der Waals surface area contributed by atoms with Crippen molar-refractivity contribution in [2.75, 3.05) is 18.5 Å². The largest absolute Gasteiger partial charge is 0.464 e. The van der Waals surface area contributed by atoms with Gasteiger partial charge in [0.25, 0.3) is 0 Å². The van der Waals surface area contributed by atoms with E-state index in [9.17, 15) is 0 Å². The Morgan fingerprint density at radius 3 is 2.44 bits per heavy atom. The normalized spacial score (nSPS) is 11.4. The lowest BCUT2D eigenvalue weighted by Gasteiger charge is -2.16. The van der Waals surface area contributed by atoms with Gasteiger partial charge in [0.05, 0.1) is 6.61 Å². The van der Waals surface area contributed by atoms with Crippen LogP contribution >= 0.6 is 11.8 Å². The minimum atomic E-state index is 0.0624. The van der Waals surface area contributed by atoms with Gasteiger partial charge in [0.15, 0.2) is 5.16 Å². The van der Waals surface area contributed by atoms with E-state index in [4.69, 9.17) is 4.74 Å². The molecule has 0 aliphatic carbocycles. The van der Waals surface area contributed by atoms with Crippen LogP contribution in [0.3, 0.4) is 0 Å². The predicted molar refractivity (Wildman–Crippen MR) is 75.4 cm³/mol. The second-order valence-corrected chi connectivity index (χ2v) is 6.59. The average molecular weight is 270 g/mol. The summed E-state index contributed by atoms with van der Waals surface area (Å²) >= 11 is 1.61. The van der Waals surface area contributed by atoms with Crippen molar-refractivity contribution in [1.82, 2.24) is 15.0 Å². The van der Waals surface area contributed by atoms with E-state index >= 15 is 0 Å². The molecule has 102 valence electrons. The highest BCUT2D eigenvalue weighted by Gasteiger charge is 2.16. The fourth-order valence-electron chi connectivity index (χ4n) is 1.17. The molecule has 0 atom stereocenters. The number of hydrogen-bond donors (Lipinski definition) is 1. The van der Waals surface area contributed by atoms with Gasteiger partial charge < -0.3 is 10.1 Å². The zero-order valence-corrected chi connectivity index (χ0v) is 12.6. The summed E-state index contributed by atoms with van der Waals surface area (Å²) in [6, 6.07) is 0.387. The van der Waals surface area contributed by atoms with Crippen molar-refractivity contribution in [3.05, 3.63) is 0 Å². The van der Waals surface area contributed by atoms with Crippen molar-refractivity contribution in [3.8, 4) is 6.01 Å². The molecule has 1 aromatic heterocycles. The molecule has 1 rings (SSSR count). The Hall–Kier alpha value is -1.04. The summed E-state index contributed by atoms with van der Waals surface area (Å²) in [4.78, 5) is 12.9. The van der Waals surface area contributed by atoms with Gasteiger partial charge in [-0.3, -0.25) is 0 Å². The number of ether oxygens (including phenoxy) is 1. The van der Waals surface area contributed by atoms with Crippen LogP contribution in [0.1, 0.15) is 41.0 Å². The Balaban J connectivity index is 2.90. The molecule has 0 radical (unpaired) electrons. The van der Waals surface area contributed by atoms with Crippen molar-refractivity contribution >= 4 is 17.7 Å². The zero-order chi connectivity index (χ0) is 13.6. The van der Waals surface area contributed by atoms with Crippen LogP contribution in [0, 0.1) is 0 Å². The molecule has 0 saturated carbocycles. The molecular weight excluding hydrogens is 248 g/mol. The van der Waals surface area contributed by atoms with Gasteiger partial charge in [0.1, 0.15) is 0 Å². The van der Waals surface area contributed by atoms with Crippen molar-refractivity contribution in [2.45, 2.75) is 50.9 Å². The van der Waals surface area contributed by atoms with Gasteiger partial charge in [0, 0.05) is 11.3 Å². The van der Waals surface area contributed by atoms with Gasteiger partial charge >= 0.3 is 6.01 Å². The number of anilines is 1. The van der Waals surface area contributed by atoms with Gasteiger partial charge in [0.2, 0.25) is 5.95 Å². The Morgan fingerprint density at radius 1 is 1.17 bits per heavy atom. The summed E-state index contributed by atoms with van der Waals surface area (Å²) in [5, 5.41) is 3.86. The highest BCUT2D eigenvalue weighted by atomic mass is 32.2. The lowest BCUT2D eigenvalue weighted by Crippen LogP contribution is -2.12. The van der Waals surface area contributed by atoms with Gasteiger partial charge in [-0.05, 0) is 13.3 Å². The maximum absolute atomic E-state index is 5.37. The summed E-state index contributed by atoms with van der Waals surface area (Å²) in [7, 11) is 0. The first-order valence-electron chi connectivity index (χ1n) is 6.26. The van der Waals surface area contributed by atoms with Crippen LogP contribution < -0.4 is 10.1 Å². The molecule has 0 fully saturated rings. The number of thioether (sulfide) groups is 1. The maximum Gasteiger partial charge on any atom is 0.322 e. The minimum absolute atomic E-state index is 0.0624. The van der Waals surface area contributed by atoms with E-state index in [1.54, 1.807) is 11.8 Å². The molecule has 6 heteroatoms. The summed E-state index contributed by atoms with van der Waals surface area (Å²) in [6.07, 6.45) is 1.03. The molecule has 1 N–H and O–H groups in total. The number of hydrogen-bond acceptors (Lipinski definition) is 6. The van der Waals surface area contributed by atoms with E-state index in [1.165, 1.54) is 0 Å². The van der Waals surface area contributed by atoms with Crippen LogP contribution in [0.5, 0.6) is 6.01 Å². The van der Waals surface area contributed by atoms with E-state index in [1.807, 2.05) is 6.92 Å². The topological polar surface area (TPSA) is 59.9 Å². The molecule has 0 aliphatic heterocycles. The van der Waals surface area contributed by atoms with E-state index < -0.39 is 0 Å². The predicted octanol–water partition coefficient (Wildman–Crippen LogP) is 2.98. The van der Waals surface area contributed by atoms with Crippen LogP contribution in [0.2, 0.25) is 0 Å². The highest BCUT2D eigenvalue weighted by Crippen LogP contribution is 2.30. The number of aromatic nitrogens is 3. The molecule has 1 heterocycles. The van der Waals surface area contributed by atoms with Crippen molar-refractivity contribution in [2.24, 2.45) is 0 Å². The molecule has 5 nitrogen and oxygen atoms in total. The van der Waals surface area contributed by atoms with Gasteiger partial charge in [-0.2, -0.15) is 15.0 Å². The first-order valence-corrected chi connectivity index (χ1v) is 7.08. The van der Waals surface area contributed by atoms with Gasteiger partial charge in [-0.1, -0.05) is 39.5 Å². The summed E-state index contributed by atoms with van der Waals surface area (Å²) < 4.78 is 5.43. The Labute approximate surface area is 113 Å². The standard InChI is InChI=1S/C12H22N4OS/c1-6-8-13-9-14-10(17-7-2)16-11(15-9)18-12(3,4)5/h6-8H2,1-5H3,(H,13,14,15,16). The fraction of sp³-hybridized carbons (Fsp3) is 0.750. The van der Waals surface area contributed by atoms with Crippen LogP contribution in [0.4, 0.5) is 5.95 Å². The first-order chi connectivity index (χ1) is 8.44. The second-order valence-electron chi connectivity index (χ2n) is 4.80. The van der Waals surface area contributed by atoms with Crippen LogP contribution in [0.25, 0.3) is 0 Å². The Bertz CT molecular complexity index is 379. The number of nitrogens with one attached hydrogen (secondary N) is 1. The molecule has 18 heavy (non-hydrogen) atoms. The van der Waals surface area contributed by atoms with E-state index in [0.717, 1.165) is 13.0 Å². The molecule has 0 amide bonds. The molecule has 0 bridgehead atoms. The molecule has 0 aliphatic rings. The SMILES string of the molecule is CCCNc1nc(OCC)nc(SC(C)(C)C)n1. The quantitative estimate of drug-likeness (QED) is 0.802. The number of rotatable bonds is 6. The van der Waals surface area contributed by atoms with E-state index in [0.29, 0.717) is 23.7 Å². The third-order valence-corrected chi connectivity index (χ3v) is 2.78. The highest BCUT2D eigenvalue weighted by molar-refractivity contribution is 8.00. The third kappa shape index (κ3) is 5.53.